The minimum absolute atomic E-state index is 0.157. The lowest BCUT2D eigenvalue weighted by Crippen LogP contribution is -2.32. The molecule has 0 aliphatic carbocycles. The number of carbonyl (C=O) groups excluding carboxylic acids is 2. The number of amides is 1. The van der Waals surface area contributed by atoms with E-state index < -0.39 is 0 Å². The third-order valence-corrected chi connectivity index (χ3v) is 2.25. The van der Waals surface area contributed by atoms with Gasteiger partial charge in [-0.15, -0.1) is 0 Å². The molecular formula is C12H17N3O2. The van der Waals surface area contributed by atoms with Gasteiger partial charge >= 0.3 is 0 Å². The molecule has 0 aliphatic heterocycles. The van der Waals surface area contributed by atoms with E-state index >= 15 is 0 Å². The van der Waals surface area contributed by atoms with Crippen molar-refractivity contribution in [2.24, 2.45) is 0 Å². The fourth-order valence-electron chi connectivity index (χ4n) is 1.35. The number of nitrogens with one attached hydrogen (secondary N) is 1. The van der Waals surface area contributed by atoms with Gasteiger partial charge in [0.1, 0.15) is 5.69 Å². The zero-order valence-electron chi connectivity index (χ0n) is 10.4. The highest BCUT2D eigenvalue weighted by Crippen LogP contribution is 2.05. The van der Waals surface area contributed by atoms with Crippen molar-refractivity contribution in [3.8, 4) is 0 Å². The first-order valence-electron chi connectivity index (χ1n) is 5.41. The Morgan fingerprint density at radius 2 is 2.12 bits per heavy atom. The molecule has 0 atom stereocenters. The second kappa shape index (κ2) is 6.10. The summed E-state index contributed by atoms with van der Waals surface area (Å²) in [5, 5.41) is 2.73. The lowest BCUT2D eigenvalue weighted by Gasteiger charge is -2.11. The van der Waals surface area contributed by atoms with Crippen molar-refractivity contribution in [1.82, 2.24) is 15.2 Å². The van der Waals surface area contributed by atoms with E-state index in [0.29, 0.717) is 12.1 Å². The summed E-state index contributed by atoms with van der Waals surface area (Å²) < 4.78 is 0. The number of nitrogens with zero attached hydrogens (tertiary/aromatic N) is 2. The first-order valence-corrected chi connectivity index (χ1v) is 5.41. The highest BCUT2D eigenvalue weighted by molar-refractivity contribution is 6.05. The van der Waals surface area contributed by atoms with Crippen LogP contribution in [0.3, 0.4) is 0 Å². The molecule has 1 rings (SSSR count). The first kappa shape index (κ1) is 13.3. The van der Waals surface area contributed by atoms with Crippen LogP contribution < -0.4 is 5.32 Å². The summed E-state index contributed by atoms with van der Waals surface area (Å²) >= 11 is 0. The monoisotopic (exact) mass is 235 g/mol. The molecule has 1 heterocycles. The van der Waals surface area contributed by atoms with Gasteiger partial charge in [0.2, 0.25) is 0 Å². The first-order chi connectivity index (χ1) is 8.02. The van der Waals surface area contributed by atoms with Crippen LogP contribution in [0.1, 0.15) is 27.8 Å². The number of pyridine rings is 1. The maximum atomic E-state index is 11.8. The summed E-state index contributed by atoms with van der Waals surface area (Å²) in [6.07, 6.45) is 1.51. The van der Waals surface area contributed by atoms with E-state index in [1.165, 1.54) is 13.1 Å². The van der Waals surface area contributed by atoms with E-state index in [1.54, 1.807) is 12.1 Å². The number of hydrogen-bond acceptors (Lipinski definition) is 4. The third-order valence-electron chi connectivity index (χ3n) is 2.25. The maximum Gasteiger partial charge on any atom is 0.270 e. The van der Waals surface area contributed by atoms with E-state index in [9.17, 15) is 9.59 Å². The molecule has 1 aromatic rings. The molecule has 0 saturated heterocycles. The van der Waals surface area contributed by atoms with Crippen molar-refractivity contribution in [3.63, 3.8) is 0 Å². The number of aromatic nitrogens is 1. The summed E-state index contributed by atoms with van der Waals surface area (Å²) in [4.78, 5) is 29.0. The van der Waals surface area contributed by atoms with Gasteiger partial charge in [0.15, 0.2) is 5.78 Å². The Hall–Kier alpha value is -1.75. The molecule has 92 valence electrons. The Kier molecular flexibility index (Phi) is 4.78. The van der Waals surface area contributed by atoms with E-state index in [2.05, 4.69) is 10.3 Å². The van der Waals surface area contributed by atoms with Crippen LogP contribution in [0.15, 0.2) is 18.3 Å². The van der Waals surface area contributed by atoms with Gasteiger partial charge in [0.05, 0.1) is 0 Å². The molecular weight excluding hydrogens is 218 g/mol. The quantitative estimate of drug-likeness (QED) is 0.758. The molecule has 0 fully saturated rings. The summed E-state index contributed by atoms with van der Waals surface area (Å²) in [5.41, 5.74) is 0.550. The summed E-state index contributed by atoms with van der Waals surface area (Å²) in [6.45, 7) is 2.70. The van der Waals surface area contributed by atoms with E-state index in [4.69, 9.17) is 0 Å². The number of hydrogen-bond donors (Lipinski definition) is 1. The number of Topliss-reactive ketones (excluding diaryl/α,β-unsaturated/α-hetero) is 1. The SMILES string of the molecule is CC(=O)c1cccnc1C(=O)NCCN(C)C. The Morgan fingerprint density at radius 3 is 2.71 bits per heavy atom. The van der Waals surface area contributed by atoms with Crippen LogP contribution in [0.25, 0.3) is 0 Å². The van der Waals surface area contributed by atoms with Crippen LogP contribution in [0, 0.1) is 0 Å². The molecule has 17 heavy (non-hydrogen) atoms. The van der Waals surface area contributed by atoms with Crippen LogP contribution in [-0.2, 0) is 0 Å². The Balaban J connectivity index is 2.72. The Morgan fingerprint density at radius 1 is 1.41 bits per heavy atom. The molecule has 0 saturated carbocycles. The molecule has 0 unspecified atom stereocenters. The molecule has 0 radical (unpaired) electrons. The van der Waals surface area contributed by atoms with Gasteiger partial charge < -0.3 is 10.2 Å². The van der Waals surface area contributed by atoms with Crippen molar-refractivity contribution >= 4 is 11.7 Å². The average Bonchev–Trinajstić information content (AvgIpc) is 2.28. The number of carbonyl (C=O) groups is 2. The van der Waals surface area contributed by atoms with Crippen LogP contribution in [0.2, 0.25) is 0 Å². The molecule has 0 aromatic carbocycles. The van der Waals surface area contributed by atoms with Crippen molar-refractivity contribution in [2.75, 3.05) is 27.2 Å². The van der Waals surface area contributed by atoms with Crippen LogP contribution in [-0.4, -0.2) is 48.8 Å². The highest BCUT2D eigenvalue weighted by Gasteiger charge is 2.14. The minimum Gasteiger partial charge on any atom is -0.349 e. The van der Waals surface area contributed by atoms with E-state index in [0.717, 1.165) is 6.54 Å². The van der Waals surface area contributed by atoms with Crippen LogP contribution in [0.4, 0.5) is 0 Å². The highest BCUT2D eigenvalue weighted by atomic mass is 16.2. The minimum atomic E-state index is -0.308. The van der Waals surface area contributed by atoms with Gasteiger partial charge in [-0.1, -0.05) is 0 Å². The Bertz CT molecular complexity index is 416. The van der Waals surface area contributed by atoms with E-state index in [1.807, 2.05) is 19.0 Å². The predicted molar refractivity (Wildman–Crippen MR) is 65.1 cm³/mol. The van der Waals surface area contributed by atoms with Crippen molar-refractivity contribution in [3.05, 3.63) is 29.6 Å². The number of ketones is 1. The molecule has 5 nitrogen and oxygen atoms in total. The fourth-order valence-corrected chi connectivity index (χ4v) is 1.35. The fraction of sp³-hybridized carbons (Fsp3) is 0.417. The standard InChI is InChI=1S/C12H17N3O2/c1-9(16)10-5-4-6-13-11(10)12(17)14-7-8-15(2)3/h4-6H,7-8H2,1-3H3,(H,14,17). The van der Waals surface area contributed by atoms with Gasteiger partial charge in [-0.3, -0.25) is 14.6 Å². The molecule has 0 bridgehead atoms. The van der Waals surface area contributed by atoms with Gasteiger partial charge in [-0.05, 0) is 33.2 Å². The normalized spacial score (nSPS) is 10.4. The lowest BCUT2D eigenvalue weighted by atomic mass is 10.1. The molecule has 0 aliphatic rings. The lowest BCUT2D eigenvalue weighted by molar-refractivity contribution is 0.0931. The van der Waals surface area contributed by atoms with Gasteiger partial charge in [-0.25, -0.2) is 0 Å². The smallest absolute Gasteiger partial charge is 0.270 e. The van der Waals surface area contributed by atoms with Crippen molar-refractivity contribution in [2.45, 2.75) is 6.92 Å². The molecule has 1 N–H and O–H groups in total. The zero-order valence-corrected chi connectivity index (χ0v) is 10.4. The Labute approximate surface area is 101 Å². The topological polar surface area (TPSA) is 62.3 Å². The van der Waals surface area contributed by atoms with Crippen LogP contribution in [0.5, 0.6) is 0 Å². The van der Waals surface area contributed by atoms with Gasteiger partial charge in [0.25, 0.3) is 5.91 Å². The predicted octanol–water partition coefficient (Wildman–Crippen LogP) is 0.576. The second-order valence-corrected chi connectivity index (χ2v) is 4.01. The molecule has 1 amide bonds. The average molecular weight is 235 g/mol. The van der Waals surface area contributed by atoms with Crippen molar-refractivity contribution < 1.29 is 9.59 Å². The molecule has 5 heteroatoms. The van der Waals surface area contributed by atoms with Crippen LogP contribution >= 0.6 is 0 Å². The summed E-state index contributed by atoms with van der Waals surface area (Å²) in [6, 6.07) is 3.25. The number of likely N-dealkylation sites (N-methyl/N-ethyl adjacent to an activating group) is 1. The summed E-state index contributed by atoms with van der Waals surface area (Å²) in [7, 11) is 3.85. The molecule has 1 aromatic heterocycles. The van der Waals surface area contributed by atoms with E-state index in [-0.39, 0.29) is 17.4 Å². The second-order valence-electron chi connectivity index (χ2n) is 4.01. The van der Waals surface area contributed by atoms with Gasteiger partial charge in [-0.2, -0.15) is 0 Å². The molecule has 0 spiro atoms. The summed E-state index contributed by atoms with van der Waals surface area (Å²) in [5.74, 6) is -0.464. The largest absolute Gasteiger partial charge is 0.349 e. The maximum absolute atomic E-state index is 11.8. The van der Waals surface area contributed by atoms with Gasteiger partial charge in [0, 0.05) is 24.8 Å². The van der Waals surface area contributed by atoms with Crippen molar-refractivity contribution in [1.29, 1.82) is 0 Å². The zero-order chi connectivity index (χ0) is 12.8. The number of rotatable bonds is 5. The third kappa shape index (κ3) is 3.96.